The van der Waals surface area contributed by atoms with Gasteiger partial charge >= 0.3 is 5.97 Å². The number of carbonyl (C=O) groups is 1. The van der Waals surface area contributed by atoms with E-state index in [2.05, 4.69) is 9.97 Å². The maximum absolute atomic E-state index is 10.5. The summed E-state index contributed by atoms with van der Waals surface area (Å²) in [5.41, 5.74) is 1.29. The van der Waals surface area contributed by atoms with Crippen molar-refractivity contribution in [2.24, 2.45) is 0 Å². The lowest BCUT2D eigenvalue weighted by Crippen LogP contribution is -2.03. The first kappa shape index (κ1) is 10.4. The second-order valence-electron chi connectivity index (χ2n) is 2.74. The second-order valence-corrected chi connectivity index (χ2v) is 2.74. The van der Waals surface area contributed by atoms with Crippen LogP contribution < -0.4 is 4.74 Å². The highest BCUT2D eigenvalue weighted by Crippen LogP contribution is 2.10. The molecule has 0 atom stereocenters. The lowest BCUT2D eigenvalue weighted by atomic mass is 10.4. The van der Waals surface area contributed by atoms with Crippen LogP contribution in [0.4, 0.5) is 0 Å². The van der Waals surface area contributed by atoms with E-state index in [0.29, 0.717) is 17.3 Å². The van der Waals surface area contributed by atoms with Crippen LogP contribution in [-0.4, -0.2) is 23.0 Å². The van der Waals surface area contributed by atoms with E-state index in [0.717, 1.165) is 0 Å². The van der Waals surface area contributed by atoms with Gasteiger partial charge in [0.1, 0.15) is 6.61 Å². The minimum atomic E-state index is -0.333. The van der Waals surface area contributed by atoms with E-state index in [1.807, 2.05) is 0 Å². The van der Waals surface area contributed by atoms with Gasteiger partial charge in [-0.15, -0.1) is 0 Å². The van der Waals surface area contributed by atoms with Crippen LogP contribution in [0.2, 0.25) is 0 Å². The van der Waals surface area contributed by atoms with Gasteiger partial charge in [-0.25, -0.2) is 9.97 Å². The molecule has 0 spiro atoms. The highest BCUT2D eigenvalue weighted by molar-refractivity contribution is 5.65. The van der Waals surface area contributed by atoms with E-state index in [4.69, 9.17) is 9.47 Å². The van der Waals surface area contributed by atoms with Crippen molar-refractivity contribution in [3.05, 3.63) is 17.6 Å². The Morgan fingerprint density at radius 3 is 2.79 bits per heavy atom. The average Bonchev–Trinajstić information content (AvgIpc) is 2.15. The third-order valence-corrected chi connectivity index (χ3v) is 1.57. The van der Waals surface area contributed by atoms with Crippen molar-refractivity contribution >= 4 is 5.97 Å². The highest BCUT2D eigenvalue weighted by atomic mass is 16.5. The van der Waals surface area contributed by atoms with Crippen LogP contribution in [-0.2, 0) is 16.1 Å². The zero-order valence-corrected chi connectivity index (χ0v) is 8.40. The fraction of sp³-hybridized carbons (Fsp3) is 0.444. The first-order chi connectivity index (χ1) is 6.63. The summed E-state index contributed by atoms with van der Waals surface area (Å²) in [6.07, 6.45) is 1.52. The minimum absolute atomic E-state index is 0.146. The summed E-state index contributed by atoms with van der Waals surface area (Å²) in [7, 11) is 1.53. The molecular weight excluding hydrogens is 184 g/mol. The van der Waals surface area contributed by atoms with Gasteiger partial charge in [0.05, 0.1) is 24.7 Å². The van der Waals surface area contributed by atoms with Gasteiger partial charge in [-0.2, -0.15) is 0 Å². The predicted molar refractivity (Wildman–Crippen MR) is 48.8 cm³/mol. The summed E-state index contributed by atoms with van der Waals surface area (Å²) < 4.78 is 9.72. The molecule has 76 valence electrons. The van der Waals surface area contributed by atoms with Gasteiger partial charge in [-0.3, -0.25) is 4.79 Å². The van der Waals surface area contributed by atoms with Crippen molar-refractivity contribution in [1.29, 1.82) is 0 Å². The highest BCUT2D eigenvalue weighted by Gasteiger charge is 2.04. The normalized spacial score (nSPS) is 9.64. The predicted octanol–water partition coefficient (Wildman–Crippen LogP) is 0.857. The number of nitrogens with zero attached hydrogens (tertiary/aromatic N) is 2. The Bertz CT molecular complexity index is 339. The first-order valence-electron chi connectivity index (χ1n) is 4.13. The number of aromatic nitrogens is 2. The molecule has 0 aliphatic rings. The molecule has 1 rings (SSSR count). The second kappa shape index (κ2) is 4.55. The Morgan fingerprint density at radius 2 is 2.29 bits per heavy atom. The van der Waals surface area contributed by atoms with Crippen LogP contribution in [0.3, 0.4) is 0 Å². The molecule has 1 heterocycles. The van der Waals surface area contributed by atoms with Gasteiger partial charge in [0, 0.05) is 6.92 Å². The van der Waals surface area contributed by atoms with E-state index < -0.39 is 0 Å². The molecule has 14 heavy (non-hydrogen) atoms. The van der Waals surface area contributed by atoms with Gasteiger partial charge in [0.25, 0.3) is 0 Å². The van der Waals surface area contributed by atoms with Crippen molar-refractivity contribution < 1.29 is 14.3 Å². The molecule has 0 aromatic carbocycles. The molecule has 0 saturated heterocycles. The molecule has 0 aliphatic carbocycles. The summed E-state index contributed by atoms with van der Waals surface area (Å²) in [6, 6.07) is 0. The number of esters is 1. The Kier molecular flexibility index (Phi) is 3.39. The van der Waals surface area contributed by atoms with E-state index in [1.54, 1.807) is 6.92 Å². The van der Waals surface area contributed by atoms with Gasteiger partial charge < -0.3 is 9.47 Å². The van der Waals surface area contributed by atoms with Gasteiger partial charge in [-0.1, -0.05) is 0 Å². The number of ether oxygens (including phenoxy) is 2. The molecule has 0 bridgehead atoms. The van der Waals surface area contributed by atoms with Crippen LogP contribution in [0.15, 0.2) is 6.20 Å². The number of hydrogen-bond acceptors (Lipinski definition) is 5. The average molecular weight is 196 g/mol. The molecule has 1 aromatic heterocycles. The lowest BCUT2D eigenvalue weighted by Gasteiger charge is -2.05. The number of aryl methyl sites for hydroxylation is 1. The summed E-state index contributed by atoms with van der Waals surface area (Å²) in [4.78, 5) is 18.7. The van der Waals surface area contributed by atoms with Crippen molar-refractivity contribution in [3.63, 3.8) is 0 Å². The molecule has 0 radical (unpaired) electrons. The fourth-order valence-corrected chi connectivity index (χ4v) is 0.964. The van der Waals surface area contributed by atoms with Crippen LogP contribution in [0.1, 0.15) is 18.3 Å². The Hall–Kier alpha value is -1.65. The van der Waals surface area contributed by atoms with E-state index in [-0.39, 0.29) is 12.6 Å². The third-order valence-electron chi connectivity index (χ3n) is 1.57. The smallest absolute Gasteiger partial charge is 0.303 e. The SMILES string of the molecule is COc1ncc(COC(C)=O)nc1C. The van der Waals surface area contributed by atoms with Crippen LogP contribution in [0.25, 0.3) is 0 Å². The maximum atomic E-state index is 10.5. The van der Waals surface area contributed by atoms with E-state index >= 15 is 0 Å². The number of carbonyl (C=O) groups excluding carboxylic acids is 1. The molecule has 0 fully saturated rings. The number of hydrogen-bond donors (Lipinski definition) is 0. The zero-order chi connectivity index (χ0) is 10.6. The molecule has 5 nitrogen and oxygen atoms in total. The topological polar surface area (TPSA) is 61.3 Å². The fourth-order valence-electron chi connectivity index (χ4n) is 0.964. The Morgan fingerprint density at radius 1 is 1.57 bits per heavy atom. The van der Waals surface area contributed by atoms with Crippen LogP contribution >= 0.6 is 0 Å². The van der Waals surface area contributed by atoms with Crippen LogP contribution in [0.5, 0.6) is 5.88 Å². The molecule has 1 aromatic rings. The zero-order valence-electron chi connectivity index (χ0n) is 8.40. The number of rotatable bonds is 3. The van der Waals surface area contributed by atoms with Gasteiger partial charge in [0.15, 0.2) is 0 Å². The summed E-state index contributed by atoms with van der Waals surface area (Å²) in [5, 5.41) is 0. The largest absolute Gasteiger partial charge is 0.480 e. The molecule has 5 heteroatoms. The quantitative estimate of drug-likeness (QED) is 0.671. The molecule has 0 unspecified atom stereocenters. The van der Waals surface area contributed by atoms with E-state index in [1.165, 1.54) is 20.2 Å². The molecule has 0 aliphatic heterocycles. The van der Waals surface area contributed by atoms with Crippen molar-refractivity contribution in [3.8, 4) is 5.88 Å². The Labute approximate surface area is 82.1 Å². The molecule has 0 amide bonds. The molecule has 0 N–H and O–H groups in total. The summed E-state index contributed by atoms with van der Waals surface area (Å²) in [6.45, 7) is 3.28. The number of methoxy groups -OCH3 is 1. The van der Waals surface area contributed by atoms with Gasteiger partial charge in [-0.05, 0) is 6.92 Å². The van der Waals surface area contributed by atoms with Crippen molar-refractivity contribution in [1.82, 2.24) is 9.97 Å². The third kappa shape index (κ3) is 2.69. The summed E-state index contributed by atoms with van der Waals surface area (Å²) >= 11 is 0. The maximum Gasteiger partial charge on any atom is 0.303 e. The standard InChI is InChI=1S/C9H12N2O3/c1-6-9(13-3)10-4-8(11-6)5-14-7(2)12/h4H,5H2,1-3H3. The summed E-state index contributed by atoms with van der Waals surface area (Å²) in [5.74, 6) is 0.150. The van der Waals surface area contributed by atoms with Crippen molar-refractivity contribution in [2.75, 3.05) is 7.11 Å². The van der Waals surface area contributed by atoms with Crippen LogP contribution in [0, 0.1) is 6.92 Å². The van der Waals surface area contributed by atoms with E-state index in [9.17, 15) is 4.79 Å². The van der Waals surface area contributed by atoms with Gasteiger partial charge in [0.2, 0.25) is 5.88 Å². The lowest BCUT2D eigenvalue weighted by molar-refractivity contribution is -0.142. The minimum Gasteiger partial charge on any atom is -0.480 e. The monoisotopic (exact) mass is 196 g/mol. The molecule has 0 saturated carbocycles. The first-order valence-corrected chi connectivity index (χ1v) is 4.13. The molecular formula is C9H12N2O3. The van der Waals surface area contributed by atoms with Crippen molar-refractivity contribution in [2.45, 2.75) is 20.5 Å². The Balaban J connectivity index is 2.71.